The zero-order valence-corrected chi connectivity index (χ0v) is 14.0. The maximum absolute atomic E-state index is 12.2. The quantitative estimate of drug-likeness (QED) is 0.655. The molecule has 126 valence electrons. The Balaban J connectivity index is 2.62. The number of allylic oxidation sites excluding steroid dienone is 1. The predicted octanol–water partition coefficient (Wildman–Crippen LogP) is 2.39. The van der Waals surface area contributed by atoms with Crippen LogP contribution in [0, 0.1) is 12.8 Å². The Labute approximate surface area is 134 Å². The van der Waals surface area contributed by atoms with Crippen molar-refractivity contribution >= 4 is 5.97 Å². The van der Waals surface area contributed by atoms with E-state index in [4.69, 9.17) is 9.15 Å². The summed E-state index contributed by atoms with van der Waals surface area (Å²) < 4.78 is 10.4. The molecule has 0 fully saturated rings. The number of cyclic esters (lactones) is 1. The molecule has 6 heteroatoms. The molecule has 23 heavy (non-hydrogen) atoms. The number of hydrogen-bond acceptors (Lipinski definition) is 6. The minimum atomic E-state index is -1.75. The van der Waals surface area contributed by atoms with Crippen LogP contribution in [0.25, 0.3) is 0 Å². The largest absolute Gasteiger partial charge is 0.506 e. The second kappa shape index (κ2) is 5.85. The summed E-state index contributed by atoms with van der Waals surface area (Å²) in [5.41, 5.74) is -2.27. The fraction of sp³-hybridized carbons (Fsp3) is 0.529. The molecule has 2 rings (SSSR count). The Morgan fingerprint density at radius 2 is 2.04 bits per heavy atom. The minimum Gasteiger partial charge on any atom is -0.506 e. The second-order valence-electron chi connectivity index (χ2n) is 6.30. The third-order valence-electron chi connectivity index (χ3n) is 4.32. The fourth-order valence-corrected chi connectivity index (χ4v) is 2.75. The summed E-state index contributed by atoms with van der Waals surface area (Å²) in [7, 11) is 0. The number of aliphatic hydroxyl groups is 1. The van der Waals surface area contributed by atoms with E-state index in [1.165, 1.54) is 13.8 Å². The standard InChI is InChI=1S/C17H22O6/c1-6-8(2)7-9(3)13-17(5,21)14-11(16(20)22-13)12(18)10(4)15(19)23-14/h7-8,13,18,21H,6H2,1-5H3/b9-7+/t8-,13+,17-/m0/s1. The van der Waals surface area contributed by atoms with Crippen LogP contribution in [0.3, 0.4) is 0 Å². The van der Waals surface area contributed by atoms with E-state index in [1.807, 2.05) is 19.9 Å². The van der Waals surface area contributed by atoms with Crippen molar-refractivity contribution in [3.8, 4) is 5.75 Å². The van der Waals surface area contributed by atoms with E-state index in [0.717, 1.165) is 6.42 Å². The Kier molecular flexibility index (Phi) is 4.39. The molecule has 2 heterocycles. The molecule has 6 nitrogen and oxygen atoms in total. The van der Waals surface area contributed by atoms with Crippen molar-refractivity contribution in [3.63, 3.8) is 0 Å². The summed E-state index contributed by atoms with van der Waals surface area (Å²) in [6.07, 6.45) is 1.82. The monoisotopic (exact) mass is 322 g/mol. The van der Waals surface area contributed by atoms with Crippen molar-refractivity contribution in [2.75, 3.05) is 0 Å². The smallest absolute Gasteiger partial charge is 0.346 e. The molecule has 1 aliphatic heterocycles. The number of fused-ring (bicyclic) bond motifs is 1. The Bertz CT molecular complexity index is 725. The Hall–Kier alpha value is -2.08. The van der Waals surface area contributed by atoms with Gasteiger partial charge in [-0.2, -0.15) is 0 Å². The molecule has 2 N–H and O–H groups in total. The normalized spacial score (nSPS) is 25.7. The molecule has 1 aromatic rings. The van der Waals surface area contributed by atoms with Crippen LogP contribution in [-0.2, 0) is 10.3 Å². The van der Waals surface area contributed by atoms with Gasteiger partial charge in [-0.05, 0) is 32.3 Å². The highest BCUT2D eigenvalue weighted by atomic mass is 16.6. The number of ether oxygens (including phenoxy) is 1. The first-order chi connectivity index (χ1) is 10.6. The third-order valence-corrected chi connectivity index (χ3v) is 4.32. The van der Waals surface area contributed by atoms with Gasteiger partial charge in [-0.3, -0.25) is 0 Å². The van der Waals surface area contributed by atoms with Crippen LogP contribution in [0.15, 0.2) is 20.9 Å². The average Bonchev–Trinajstić information content (AvgIpc) is 2.47. The molecule has 0 saturated heterocycles. The molecule has 0 unspecified atom stereocenters. The van der Waals surface area contributed by atoms with Gasteiger partial charge in [0.05, 0.1) is 5.56 Å². The number of aromatic hydroxyl groups is 1. The van der Waals surface area contributed by atoms with Gasteiger partial charge in [-0.25, -0.2) is 9.59 Å². The Morgan fingerprint density at radius 1 is 1.43 bits per heavy atom. The van der Waals surface area contributed by atoms with Gasteiger partial charge in [-0.15, -0.1) is 0 Å². The zero-order valence-electron chi connectivity index (χ0n) is 14.0. The molecule has 0 radical (unpaired) electrons. The van der Waals surface area contributed by atoms with Gasteiger partial charge in [0.2, 0.25) is 0 Å². The number of rotatable bonds is 3. The van der Waals surface area contributed by atoms with Crippen LogP contribution in [0.1, 0.15) is 55.8 Å². The van der Waals surface area contributed by atoms with Gasteiger partial charge in [-0.1, -0.05) is 26.3 Å². The fourth-order valence-electron chi connectivity index (χ4n) is 2.75. The number of hydrogen-bond donors (Lipinski definition) is 2. The van der Waals surface area contributed by atoms with Crippen LogP contribution in [-0.4, -0.2) is 22.3 Å². The first-order valence-electron chi connectivity index (χ1n) is 7.60. The molecule has 0 spiro atoms. The molecule has 1 aromatic heterocycles. The molecular weight excluding hydrogens is 300 g/mol. The lowest BCUT2D eigenvalue weighted by molar-refractivity contribution is -0.0881. The SMILES string of the molecule is CC[C@H](C)/C=C(\C)[C@H]1OC(=O)c2c(oc(=O)c(C)c2O)[C@@]1(C)O. The molecular formula is C17H22O6. The number of carbonyl (C=O) groups excluding carboxylic acids is 1. The predicted molar refractivity (Wildman–Crippen MR) is 83.4 cm³/mol. The maximum Gasteiger partial charge on any atom is 0.346 e. The van der Waals surface area contributed by atoms with E-state index in [2.05, 4.69) is 0 Å². The molecule has 0 bridgehead atoms. The summed E-state index contributed by atoms with van der Waals surface area (Å²) in [5.74, 6) is -1.35. The molecule has 0 saturated carbocycles. The van der Waals surface area contributed by atoms with Crippen LogP contribution in [0.2, 0.25) is 0 Å². The minimum absolute atomic E-state index is 0.0955. The van der Waals surface area contributed by atoms with Crippen molar-refractivity contribution in [1.82, 2.24) is 0 Å². The average molecular weight is 322 g/mol. The number of esters is 1. The lowest BCUT2D eigenvalue weighted by atomic mass is 9.84. The highest BCUT2D eigenvalue weighted by molar-refractivity contribution is 5.95. The van der Waals surface area contributed by atoms with Gasteiger partial charge in [0.15, 0.2) is 17.5 Å². The lowest BCUT2D eigenvalue weighted by Gasteiger charge is -2.37. The van der Waals surface area contributed by atoms with Crippen molar-refractivity contribution in [1.29, 1.82) is 0 Å². The highest BCUT2D eigenvalue weighted by Gasteiger charge is 2.49. The van der Waals surface area contributed by atoms with Gasteiger partial charge in [0.1, 0.15) is 11.3 Å². The van der Waals surface area contributed by atoms with Crippen molar-refractivity contribution < 1.29 is 24.2 Å². The van der Waals surface area contributed by atoms with E-state index in [9.17, 15) is 19.8 Å². The zero-order chi connectivity index (χ0) is 17.5. The molecule has 0 aromatic carbocycles. The van der Waals surface area contributed by atoms with Crippen LogP contribution in [0.5, 0.6) is 5.75 Å². The molecule has 1 aliphatic rings. The highest BCUT2D eigenvalue weighted by Crippen LogP contribution is 2.41. The lowest BCUT2D eigenvalue weighted by Crippen LogP contribution is -2.46. The van der Waals surface area contributed by atoms with E-state index in [1.54, 1.807) is 6.92 Å². The van der Waals surface area contributed by atoms with E-state index in [-0.39, 0.29) is 22.8 Å². The maximum atomic E-state index is 12.2. The van der Waals surface area contributed by atoms with Crippen molar-refractivity contribution in [2.45, 2.75) is 52.7 Å². The number of carbonyl (C=O) groups is 1. The summed E-state index contributed by atoms with van der Waals surface area (Å²) in [5, 5.41) is 20.9. The van der Waals surface area contributed by atoms with E-state index >= 15 is 0 Å². The third kappa shape index (κ3) is 2.79. The first kappa shape index (κ1) is 17.3. The first-order valence-corrected chi connectivity index (χ1v) is 7.60. The summed E-state index contributed by atoms with van der Waals surface area (Å²) >= 11 is 0. The Morgan fingerprint density at radius 3 is 2.61 bits per heavy atom. The topological polar surface area (TPSA) is 97.0 Å². The van der Waals surface area contributed by atoms with Gasteiger partial charge in [0, 0.05) is 0 Å². The molecule has 0 amide bonds. The van der Waals surface area contributed by atoms with Gasteiger partial charge in [0.25, 0.3) is 0 Å². The molecule has 0 aliphatic carbocycles. The van der Waals surface area contributed by atoms with Crippen LogP contribution < -0.4 is 5.63 Å². The second-order valence-corrected chi connectivity index (χ2v) is 6.30. The van der Waals surface area contributed by atoms with E-state index in [0.29, 0.717) is 5.57 Å². The van der Waals surface area contributed by atoms with Gasteiger partial charge >= 0.3 is 11.6 Å². The van der Waals surface area contributed by atoms with Crippen molar-refractivity contribution in [2.24, 2.45) is 5.92 Å². The summed E-state index contributed by atoms with van der Waals surface area (Å²) in [6.45, 7) is 8.51. The van der Waals surface area contributed by atoms with Crippen molar-refractivity contribution in [3.05, 3.63) is 39.0 Å². The summed E-state index contributed by atoms with van der Waals surface area (Å²) in [6, 6.07) is 0. The molecule has 3 atom stereocenters. The van der Waals surface area contributed by atoms with E-state index < -0.39 is 29.0 Å². The van der Waals surface area contributed by atoms with Crippen LogP contribution >= 0.6 is 0 Å². The summed E-state index contributed by atoms with van der Waals surface area (Å²) in [4.78, 5) is 24.0. The van der Waals surface area contributed by atoms with Gasteiger partial charge < -0.3 is 19.4 Å². The van der Waals surface area contributed by atoms with Crippen LogP contribution in [0.4, 0.5) is 0 Å².